The molecule has 2 N–H and O–H groups in total. The van der Waals surface area contributed by atoms with E-state index in [0.29, 0.717) is 12.3 Å². The van der Waals surface area contributed by atoms with E-state index in [4.69, 9.17) is 0 Å². The average molecular weight is 450 g/mol. The molecule has 5 nitrogen and oxygen atoms in total. The van der Waals surface area contributed by atoms with Crippen LogP contribution in [0.5, 0.6) is 0 Å². The average Bonchev–Trinajstić information content (AvgIpc) is 3.21. The Labute approximate surface area is 160 Å². The van der Waals surface area contributed by atoms with Gasteiger partial charge in [0.05, 0.1) is 0 Å². The van der Waals surface area contributed by atoms with E-state index in [9.17, 15) is 4.79 Å². The number of likely N-dealkylation sites (tertiary alicyclic amines) is 1. The van der Waals surface area contributed by atoms with Gasteiger partial charge in [0.15, 0.2) is 5.96 Å². The summed E-state index contributed by atoms with van der Waals surface area (Å²) in [6.45, 7) is 6.58. The van der Waals surface area contributed by atoms with E-state index in [1.165, 1.54) is 5.56 Å². The summed E-state index contributed by atoms with van der Waals surface area (Å²) in [5, 5.41) is 11.1. The van der Waals surface area contributed by atoms with E-state index >= 15 is 0 Å². The molecule has 1 amide bonds. The largest absolute Gasteiger partial charge is 0.356 e. The van der Waals surface area contributed by atoms with E-state index in [1.807, 2.05) is 11.8 Å². The van der Waals surface area contributed by atoms with Crippen molar-refractivity contribution in [3.63, 3.8) is 0 Å². The molecule has 1 aliphatic heterocycles. The first kappa shape index (κ1) is 20.2. The van der Waals surface area contributed by atoms with Crippen LogP contribution in [0, 0.1) is 0 Å². The summed E-state index contributed by atoms with van der Waals surface area (Å²) in [4.78, 5) is 17.9. The Morgan fingerprint density at radius 2 is 2.35 bits per heavy atom. The van der Waals surface area contributed by atoms with Crippen molar-refractivity contribution in [3.05, 3.63) is 22.4 Å². The molecule has 0 saturated carbocycles. The molecule has 2 heterocycles. The molecule has 2 rings (SSSR count). The summed E-state index contributed by atoms with van der Waals surface area (Å²) in [5.41, 5.74) is 1.36. The highest BCUT2D eigenvalue weighted by molar-refractivity contribution is 14.0. The van der Waals surface area contributed by atoms with E-state index in [0.717, 1.165) is 32.0 Å². The molecule has 7 heteroatoms. The van der Waals surface area contributed by atoms with Crippen LogP contribution in [0.25, 0.3) is 0 Å². The summed E-state index contributed by atoms with van der Waals surface area (Å²) in [6, 6.07) is 2.46. The highest BCUT2D eigenvalue weighted by atomic mass is 127. The van der Waals surface area contributed by atoms with Gasteiger partial charge in [-0.3, -0.25) is 9.79 Å². The second-order valence-electron chi connectivity index (χ2n) is 5.73. The first-order chi connectivity index (χ1) is 10.6. The number of thiophene rings is 1. The third-order valence-electron chi connectivity index (χ3n) is 4.10. The molecule has 23 heavy (non-hydrogen) atoms. The van der Waals surface area contributed by atoms with Gasteiger partial charge >= 0.3 is 0 Å². The van der Waals surface area contributed by atoms with Crippen molar-refractivity contribution in [2.24, 2.45) is 4.99 Å². The summed E-state index contributed by atoms with van der Waals surface area (Å²) in [6.07, 6.45) is 1.56. The first-order valence-electron chi connectivity index (χ1n) is 7.91. The van der Waals surface area contributed by atoms with Gasteiger partial charge in [0, 0.05) is 39.1 Å². The predicted molar refractivity (Wildman–Crippen MR) is 108 cm³/mol. The lowest BCUT2D eigenvalue weighted by Gasteiger charge is -2.20. The zero-order valence-electron chi connectivity index (χ0n) is 14.0. The number of hydrogen-bond donors (Lipinski definition) is 2. The minimum atomic E-state index is 0. The zero-order valence-corrected chi connectivity index (χ0v) is 17.2. The minimum Gasteiger partial charge on any atom is -0.356 e. The second kappa shape index (κ2) is 10.1. The zero-order chi connectivity index (χ0) is 15.9. The summed E-state index contributed by atoms with van der Waals surface area (Å²) >= 11 is 1.73. The second-order valence-corrected chi connectivity index (χ2v) is 6.51. The maximum atomic E-state index is 11.7. The normalized spacial score (nSPS) is 19.2. The molecular weight excluding hydrogens is 423 g/mol. The van der Waals surface area contributed by atoms with Gasteiger partial charge in [-0.25, -0.2) is 0 Å². The highest BCUT2D eigenvalue weighted by Crippen LogP contribution is 2.17. The monoisotopic (exact) mass is 450 g/mol. The number of guanidine groups is 1. The van der Waals surface area contributed by atoms with Gasteiger partial charge < -0.3 is 15.5 Å². The number of aliphatic imine (C=N–C) groups is 1. The summed E-state index contributed by atoms with van der Waals surface area (Å²) in [5.74, 6) is 1.50. The van der Waals surface area contributed by atoms with Gasteiger partial charge in [0.2, 0.25) is 5.91 Å². The van der Waals surface area contributed by atoms with Crippen molar-refractivity contribution < 1.29 is 4.79 Å². The molecule has 0 radical (unpaired) electrons. The fourth-order valence-corrected chi connectivity index (χ4v) is 3.42. The molecule has 0 aromatic carbocycles. The van der Waals surface area contributed by atoms with Crippen LogP contribution in [-0.4, -0.2) is 49.5 Å². The number of halogens is 1. The van der Waals surface area contributed by atoms with E-state index in [2.05, 4.69) is 39.4 Å². The van der Waals surface area contributed by atoms with Gasteiger partial charge in [-0.05, 0) is 34.7 Å². The summed E-state index contributed by atoms with van der Waals surface area (Å²) in [7, 11) is 1.79. The number of hydrogen-bond acceptors (Lipinski definition) is 3. The smallest absolute Gasteiger partial charge is 0.222 e. The van der Waals surface area contributed by atoms with Crippen LogP contribution in [-0.2, 0) is 4.79 Å². The quantitative estimate of drug-likeness (QED) is 0.412. The number of nitrogens with zero attached hydrogens (tertiary/aromatic N) is 2. The minimum absolute atomic E-state index is 0. The van der Waals surface area contributed by atoms with Crippen molar-refractivity contribution in [2.45, 2.75) is 38.6 Å². The number of nitrogens with one attached hydrogen (secondary N) is 2. The van der Waals surface area contributed by atoms with Crippen molar-refractivity contribution in [1.29, 1.82) is 0 Å². The lowest BCUT2D eigenvalue weighted by molar-refractivity contribution is -0.129. The van der Waals surface area contributed by atoms with Gasteiger partial charge in [-0.1, -0.05) is 13.8 Å². The third-order valence-corrected chi connectivity index (χ3v) is 4.80. The Morgan fingerprint density at radius 3 is 2.96 bits per heavy atom. The van der Waals surface area contributed by atoms with Crippen LogP contribution >= 0.6 is 35.3 Å². The molecule has 2 atom stereocenters. The lowest BCUT2D eigenvalue weighted by atomic mass is 10.1. The third kappa shape index (κ3) is 5.95. The topological polar surface area (TPSA) is 56.7 Å². The van der Waals surface area contributed by atoms with Crippen molar-refractivity contribution >= 4 is 47.2 Å². The van der Waals surface area contributed by atoms with Crippen molar-refractivity contribution in [3.8, 4) is 0 Å². The maximum absolute atomic E-state index is 11.7. The molecule has 1 aromatic heterocycles. The molecule has 1 aromatic rings. The Hall–Kier alpha value is -0.830. The van der Waals surface area contributed by atoms with Gasteiger partial charge in [0.25, 0.3) is 0 Å². The number of carbonyl (C=O) groups is 1. The molecule has 0 aliphatic carbocycles. The fourth-order valence-electron chi connectivity index (χ4n) is 2.64. The Kier molecular flexibility index (Phi) is 8.90. The Balaban J connectivity index is 0.00000264. The SMILES string of the molecule is CCC(=O)N1CCC(NC(=NC)NCC(C)c2ccsc2)C1.I. The van der Waals surface area contributed by atoms with E-state index < -0.39 is 0 Å². The first-order valence-corrected chi connectivity index (χ1v) is 8.85. The standard InChI is InChI=1S/C16H26N4OS.HI/c1-4-15(21)20-7-5-14(10-20)19-16(17-3)18-9-12(2)13-6-8-22-11-13;/h6,8,11-12,14H,4-5,7,9-10H2,1-3H3,(H2,17,18,19);1H. The predicted octanol–water partition coefficient (Wildman–Crippen LogP) is 2.65. The van der Waals surface area contributed by atoms with E-state index in [-0.39, 0.29) is 35.9 Å². The maximum Gasteiger partial charge on any atom is 0.222 e. The van der Waals surface area contributed by atoms with Gasteiger partial charge in [-0.15, -0.1) is 24.0 Å². The van der Waals surface area contributed by atoms with Gasteiger partial charge in [-0.2, -0.15) is 11.3 Å². The fraction of sp³-hybridized carbons (Fsp3) is 0.625. The van der Waals surface area contributed by atoms with Crippen LogP contribution in [0.3, 0.4) is 0 Å². The molecule has 1 fully saturated rings. The Bertz CT molecular complexity index is 506. The molecule has 1 saturated heterocycles. The molecule has 0 bridgehead atoms. The number of carbonyl (C=O) groups excluding carboxylic acids is 1. The van der Waals surface area contributed by atoms with Crippen molar-refractivity contribution in [2.75, 3.05) is 26.7 Å². The molecule has 2 unspecified atom stereocenters. The summed E-state index contributed by atoms with van der Waals surface area (Å²) < 4.78 is 0. The molecule has 0 spiro atoms. The van der Waals surface area contributed by atoms with Crippen LogP contribution in [0.1, 0.15) is 38.2 Å². The number of rotatable bonds is 5. The van der Waals surface area contributed by atoms with Crippen LogP contribution in [0.15, 0.2) is 21.8 Å². The van der Waals surface area contributed by atoms with Crippen molar-refractivity contribution in [1.82, 2.24) is 15.5 Å². The Morgan fingerprint density at radius 1 is 1.57 bits per heavy atom. The van der Waals surface area contributed by atoms with Gasteiger partial charge in [0.1, 0.15) is 0 Å². The lowest BCUT2D eigenvalue weighted by Crippen LogP contribution is -2.45. The number of amides is 1. The molecule has 1 aliphatic rings. The van der Waals surface area contributed by atoms with E-state index in [1.54, 1.807) is 18.4 Å². The molecular formula is C16H27IN4OS. The van der Waals surface area contributed by atoms with Crippen LogP contribution in [0.4, 0.5) is 0 Å². The van der Waals surface area contributed by atoms with Crippen LogP contribution < -0.4 is 10.6 Å². The van der Waals surface area contributed by atoms with Crippen LogP contribution in [0.2, 0.25) is 0 Å². The highest BCUT2D eigenvalue weighted by Gasteiger charge is 2.25. The molecule has 130 valence electrons.